The molecule has 0 saturated heterocycles. The predicted octanol–water partition coefficient (Wildman–Crippen LogP) is 4.62. The van der Waals surface area contributed by atoms with Crippen molar-refractivity contribution in [3.8, 4) is 5.69 Å². The molecule has 0 spiro atoms. The fraction of sp³-hybridized carbons (Fsp3) is 0.111. The van der Waals surface area contributed by atoms with Crippen LogP contribution in [0, 0.1) is 29.1 Å². The molecule has 0 fully saturated rings. The van der Waals surface area contributed by atoms with Crippen molar-refractivity contribution >= 4 is 34.2 Å². The van der Waals surface area contributed by atoms with Crippen LogP contribution < -0.4 is 5.32 Å². The van der Waals surface area contributed by atoms with Gasteiger partial charge in [0, 0.05) is 5.69 Å². The van der Waals surface area contributed by atoms with Crippen LogP contribution >= 0.6 is 22.6 Å². The Hall–Kier alpha value is -2.29. The molecular weight excluding hydrogens is 439 g/mol. The molecule has 3 rings (SSSR count). The molecule has 0 bridgehead atoms. The van der Waals surface area contributed by atoms with E-state index in [0.717, 1.165) is 17.8 Å². The number of hydrogen-bond donors (Lipinski definition) is 1. The molecule has 0 radical (unpaired) electrons. The molecule has 1 amide bonds. The lowest BCUT2D eigenvalue weighted by molar-refractivity contribution is 0.102. The Balaban J connectivity index is 1.95. The largest absolute Gasteiger partial charge is 0.322 e. The van der Waals surface area contributed by atoms with Crippen molar-refractivity contribution in [1.29, 1.82) is 0 Å². The van der Waals surface area contributed by atoms with Crippen molar-refractivity contribution < 1.29 is 13.6 Å². The normalized spacial score (nSPS) is 10.8. The zero-order valence-electron chi connectivity index (χ0n) is 13.5. The Labute approximate surface area is 157 Å². The van der Waals surface area contributed by atoms with E-state index in [4.69, 9.17) is 0 Å². The van der Waals surface area contributed by atoms with Crippen LogP contribution in [0.3, 0.4) is 0 Å². The Kier molecular flexibility index (Phi) is 4.85. The van der Waals surface area contributed by atoms with Gasteiger partial charge in [-0.15, -0.1) is 0 Å². The van der Waals surface area contributed by atoms with E-state index in [9.17, 15) is 13.6 Å². The van der Waals surface area contributed by atoms with Gasteiger partial charge < -0.3 is 5.32 Å². The number of nitrogens with one attached hydrogen (secondary N) is 1. The SMILES string of the molecule is Cc1nn(-c2ccccc2)c(C)c1C(=O)Nc1cc(F)c(I)c(F)c1. The van der Waals surface area contributed by atoms with E-state index in [-0.39, 0.29) is 9.26 Å². The number of aryl methyl sites for hydroxylation is 1. The molecule has 128 valence electrons. The van der Waals surface area contributed by atoms with Gasteiger partial charge in [-0.1, -0.05) is 18.2 Å². The smallest absolute Gasteiger partial charge is 0.259 e. The first-order chi connectivity index (χ1) is 11.9. The quantitative estimate of drug-likeness (QED) is 0.465. The zero-order chi connectivity index (χ0) is 18.1. The van der Waals surface area contributed by atoms with E-state index in [0.29, 0.717) is 17.0 Å². The lowest BCUT2D eigenvalue weighted by Crippen LogP contribution is -2.14. The molecule has 1 aromatic heterocycles. The van der Waals surface area contributed by atoms with Gasteiger partial charge in [-0.05, 0) is 60.7 Å². The molecular formula is C18H14F2IN3O. The molecule has 3 aromatic rings. The number of para-hydroxylation sites is 1. The second-order valence-corrected chi connectivity index (χ2v) is 6.58. The number of amides is 1. The summed E-state index contributed by atoms with van der Waals surface area (Å²) >= 11 is 1.58. The van der Waals surface area contributed by atoms with Gasteiger partial charge in [-0.25, -0.2) is 13.5 Å². The molecule has 0 atom stereocenters. The van der Waals surface area contributed by atoms with Crippen molar-refractivity contribution in [2.24, 2.45) is 0 Å². The van der Waals surface area contributed by atoms with Crippen LogP contribution in [-0.4, -0.2) is 15.7 Å². The fourth-order valence-corrected chi connectivity index (χ4v) is 2.92. The molecule has 4 nitrogen and oxygen atoms in total. The average Bonchev–Trinajstić information content (AvgIpc) is 2.88. The number of benzene rings is 2. The first-order valence-corrected chi connectivity index (χ1v) is 8.54. The lowest BCUT2D eigenvalue weighted by Gasteiger charge is -2.08. The van der Waals surface area contributed by atoms with E-state index < -0.39 is 17.5 Å². The van der Waals surface area contributed by atoms with Crippen LogP contribution in [0.5, 0.6) is 0 Å². The van der Waals surface area contributed by atoms with Gasteiger partial charge in [0.15, 0.2) is 0 Å². The minimum atomic E-state index is -0.718. The summed E-state index contributed by atoms with van der Waals surface area (Å²) < 4.78 is 28.9. The van der Waals surface area contributed by atoms with Crippen LogP contribution in [-0.2, 0) is 0 Å². The van der Waals surface area contributed by atoms with Crippen LogP contribution in [0.2, 0.25) is 0 Å². The highest BCUT2D eigenvalue weighted by atomic mass is 127. The topological polar surface area (TPSA) is 46.9 Å². The maximum atomic E-state index is 13.7. The number of rotatable bonds is 3. The summed E-state index contributed by atoms with van der Waals surface area (Å²) in [7, 11) is 0. The minimum absolute atomic E-state index is 0.0617. The summed E-state index contributed by atoms with van der Waals surface area (Å²) in [6, 6.07) is 11.6. The van der Waals surface area contributed by atoms with Crippen LogP contribution in [0.4, 0.5) is 14.5 Å². The maximum absolute atomic E-state index is 13.7. The monoisotopic (exact) mass is 453 g/mol. The van der Waals surface area contributed by atoms with Crippen LogP contribution in [0.25, 0.3) is 5.69 Å². The summed E-state index contributed by atoms with van der Waals surface area (Å²) in [6.45, 7) is 3.49. The van der Waals surface area contributed by atoms with Crippen molar-refractivity contribution in [3.05, 3.63) is 74.6 Å². The van der Waals surface area contributed by atoms with Gasteiger partial charge in [-0.3, -0.25) is 4.79 Å². The van der Waals surface area contributed by atoms with Gasteiger partial charge in [0.2, 0.25) is 0 Å². The van der Waals surface area contributed by atoms with Gasteiger partial charge >= 0.3 is 0 Å². The highest BCUT2D eigenvalue weighted by Crippen LogP contribution is 2.23. The van der Waals surface area contributed by atoms with Crippen LogP contribution in [0.1, 0.15) is 21.7 Å². The van der Waals surface area contributed by atoms with E-state index >= 15 is 0 Å². The molecule has 1 heterocycles. The molecule has 0 aliphatic rings. The number of halogens is 3. The van der Waals surface area contributed by atoms with Crippen molar-refractivity contribution in [2.75, 3.05) is 5.32 Å². The second-order valence-electron chi connectivity index (χ2n) is 5.50. The number of carbonyl (C=O) groups excluding carboxylic acids is 1. The van der Waals surface area contributed by atoms with Crippen LogP contribution in [0.15, 0.2) is 42.5 Å². The molecule has 25 heavy (non-hydrogen) atoms. The number of carbonyl (C=O) groups is 1. The first-order valence-electron chi connectivity index (χ1n) is 7.46. The average molecular weight is 453 g/mol. The molecule has 0 aliphatic heterocycles. The predicted molar refractivity (Wildman–Crippen MR) is 100 cm³/mol. The van der Waals surface area contributed by atoms with Crippen molar-refractivity contribution in [1.82, 2.24) is 9.78 Å². The Morgan fingerprint density at radius 3 is 2.32 bits per heavy atom. The summed E-state index contributed by atoms with van der Waals surface area (Å²) in [5, 5.41) is 6.94. The lowest BCUT2D eigenvalue weighted by atomic mass is 10.1. The molecule has 0 aliphatic carbocycles. The van der Waals surface area contributed by atoms with Crippen molar-refractivity contribution in [2.45, 2.75) is 13.8 Å². The number of aromatic nitrogens is 2. The van der Waals surface area contributed by atoms with Crippen molar-refractivity contribution in [3.63, 3.8) is 0 Å². The van der Waals surface area contributed by atoms with E-state index in [1.165, 1.54) is 0 Å². The molecule has 2 aromatic carbocycles. The summed E-state index contributed by atoms with van der Waals surface area (Å²) in [4.78, 5) is 12.6. The third-order valence-corrected chi connectivity index (χ3v) is 4.79. The third-order valence-electron chi connectivity index (χ3n) is 3.76. The highest BCUT2D eigenvalue weighted by molar-refractivity contribution is 14.1. The maximum Gasteiger partial charge on any atom is 0.259 e. The van der Waals surface area contributed by atoms with E-state index in [2.05, 4.69) is 10.4 Å². The molecule has 0 saturated carbocycles. The van der Waals surface area contributed by atoms with Gasteiger partial charge in [0.25, 0.3) is 5.91 Å². The second kappa shape index (κ2) is 6.91. The summed E-state index contributed by atoms with van der Waals surface area (Å²) in [5.74, 6) is -1.90. The van der Waals surface area contributed by atoms with Gasteiger partial charge in [0.1, 0.15) is 11.6 Å². The zero-order valence-corrected chi connectivity index (χ0v) is 15.6. The van der Waals surface area contributed by atoms with E-state index in [1.54, 1.807) is 41.1 Å². The standard InChI is InChI=1S/C18H14F2IN3O/c1-10-16(11(2)24(23-10)13-6-4-3-5-7-13)18(25)22-12-8-14(19)17(21)15(20)9-12/h3-9H,1-2H3,(H,22,25). The van der Waals surface area contributed by atoms with Gasteiger partial charge in [-0.2, -0.15) is 5.10 Å². The Bertz CT molecular complexity index is 931. The summed E-state index contributed by atoms with van der Waals surface area (Å²) in [6.07, 6.45) is 0. The fourth-order valence-electron chi connectivity index (χ4n) is 2.61. The Morgan fingerprint density at radius 1 is 1.12 bits per heavy atom. The molecule has 1 N–H and O–H groups in total. The van der Waals surface area contributed by atoms with E-state index in [1.807, 2.05) is 30.3 Å². The minimum Gasteiger partial charge on any atom is -0.322 e. The summed E-state index contributed by atoms with van der Waals surface area (Å²) in [5.41, 5.74) is 2.45. The Morgan fingerprint density at radius 2 is 1.72 bits per heavy atom. The van der Waals surface area contributed by atoms with Gasteiger partial charge in [0.05, 0.1) is 26.2 Å². The first kappa shape index (κ1) is 17.5. The number of anilines is 1. The molecule has 7 heteroatoms. The number of hydrogen-bond acceptors (Lipinski definition) is 2. The highest BCUT2D eigenvalue weighted by Gasteiger charge is 2.20. The molecule has 0 unspecified atom stereocenters. The third kappa shape index (κ3) is 3.41. The number of nitrogens with zero attached hydrogens (tertiary/aromatic N) is 2.